The molecule has 0 unspecified atom stereocenters. The lowest BCUT2D eigenvalue weighted by Gasteiger charge is -2.34. The van der Waals surface area contributed by atoms with Crippen LogP contribution in [0.1, 0.15) is 71.4 Å². The van der Waals surface area contributed by atoms with Gasteiger partial charge in [0.05, 0.1) is 5.56 Å². The molecule has 2 aliphatic heterocycles. The van der Waals surface area contributed by atoms with Gasteiger partial charge in [0.25, 0.3) is 5.91 Å². The molecule has 1 aromatic heterocycles. The first kappa shape index (κ1) is 21.5. The molecule has 1 atom stereocenters. The van der Waals surface area contributed by atoms with Crippen molar-refractivity contribution in [3.05, 3.63) is 52.7 Å². The lowest BCUT2D eigenvalue weighted by atomic mass is 9.99. The number of piperidine rings is 1. The number of carbonyl (C=O) groups is 2. The highest BCUT2D eigenvalue weighted by Gasteiger charge is 2.27. The van der Waals surface area contributed by atoms with E-state index < -0.39 is 0 Å². The van der Waals surface area contributed by atoms with Crippen molar-refractivity contribution in [2.45, 2.75) is 58.5 Å². The Hall–Kier alpha value is -2.73. The number of hydrogen-bond donors (Lipinski definition) is 1. The highest BCUT2D eigenvalue weighted by Crippen LogP contribution is 2.33. The summed E-state index contributed by atoms with van der Waals surface area (Å²) in [4.78, 5) is 33.5. The zero-order chi connectivity index (χ0) is 21.8. The number of pyridine rings is 1. The third kappa shape index (κ3) is 4.49. The van der Waals surface area contributed by atoms with Crippen LogP contribution in [-0.4, -0.2) is 47.8 Å². The Kier molecular flexibility index (Phi) is 6.66. The van der Waals surface area contributed by atoms with E-state index >= 15 is 0 Å². The molecular formula is C25H32N4O2. The number of nitrogens with zero attached hydrogens (tertiary/aromatic N) is 3. The minimum absolute atomic E-state index is 0.0999. The Bertz CT molecular complexity index is 959. The minimum Gasteiger partial charge on any atom is -0.336 e. The molecular weight excluding hydrogens is 388 g/mol. The Morgan fingerprint density at radius 3 is 2.87 bits per heavy atom. The van der Waals surface area contributed by atoms with Gasteiger partial charge >= 0.3 is 0 Å². The highest BCUT2D eigenvalue weighted by atomic mass is 16.2. The molecule has 3 heterocycles. The zero-order valence-corrected chi connectivity index (χ0v) is 18.6. The van der Waals surface area contributed by atoms with Gasteiger partial charge in [0.15, 0.2) is 0 Å². The maximum absolute atomic E-state index is 13.1. The van der Waals surface area contributed by atoms with Crippen molar-refractivity contribution >= 4 is 23.7 Å². The van der Waals surface area contributed by atoms with Crippen LogP contribution in [-0.2, 0) is 13.0 Å². The number of nitrogens with one attached hydrogen (secondary N) is 1. The number of hydrogen-bond acceptors (Lipinski definition) is 5. The van der Waals surface area contributed by atoms with Crippen molar-refractivity contribution in [3.8, 4) is 0 Å². The van der Waals surface area contributed by atoms with Gasteiger partial charge in [-0.05, 0) is 81.0 Å². The van der Waals surface area contributed by atoms with E-state index in [1.165, 1.54) is 6.42 Å². The molecule has 1 saturated heterocycles. The van der Waals surface area contributed by atoms with Crippen LogP contribution in [0.2, 0.25) is 0 Å². The molecule has 4 rings (SSSR count). The van der Waals surface area contributed by atoms with Crippen LogP contribution >= 0.6 is 0 Å². The molecule has 1 amide bonds. The summed E-state index contributed by atoms with van der Waals surface area (Å²) in [5, 5.41) is 3.31. The van der Waals surface area contributed by atoms with E-state index in [9.17, 15) is 9.59 Å². The minimum atomic E-state index is 0.0999. The molecule has 164 valence electrons. The van der Waals surface area contributed by atoms with Crippen molar-refractivity contribution in [1.29, 1.82) is 0 Å². The summed E-state index contributed by atoms with van der Waals surface area (Å²) in [6.45, 7) is 7.41. The fourth-order valence-electron chi connectivity index (χ4n) is 4.69. The number of likely N-dealkylation sites (tertiary alicyclic amines) is 1. The van der Waals surface area contributed by atoms with Crippen LogP contribution < -0.4 is 10.2 Å². The molecule has 0 aliphatic carbocycles. The summed E-state index contributed by atoms with van der Waals surface area (Å²) >= 11 is 0. The van der Waals surface area contributed by atoms with Gasteiger partial charge < -0.3 is 15.1 Å². The number of amides is 1. The molecule has 0 radical (unpaired) electrons. The van der Waals surface area contributed by atoms with Gasteiger partial charge in [-0.2, -0.15) is 0 Å². The topological polar surface area (TPSA) is 65.5 Å². The van der Waals surface area contributed by atoms with Gasteiger partial charge in [-0.3, -0.25) is 9.59 Å². The third-order valence-electron chi connectivity index (χ3n) is 6.47. The van der Waals surface area contributed by atoms with Gasteiger partial charge in [0, 0.05) is 43.1 Å². The number of benzene rings is 1. The maximum atomic E-state index is 13.1. The Balaban J connectivity index is 1.61. The lowest BCUT2D eigenvalue weighted by molar-refractivity contribution is 0.0635. The third-order valence-corrected chi connectivity index (χ3v) is 6.47. The van der Waals surface area contributed by atoms with Crippen LogP contribution in [0.3, 0.4) is 0 Å². The van der Waals surface area contributed by atoms with Gasteiger partial charge in [0.1, 0.15) is 12.1 Å². The second kappa shape index (κ2) is 9.60. The number of aryl methyl sites for hydroxylation is 1. The van der Waals surface area contributed by atoms with Crippen LogP contribution in [0.25, 0.3) is 0 Å². The Morgan fingerprint density at radius 2 is 2.10 bits per heavy atom. The number of anilines is 2. The average Bonchev–Trinajstić information content (AvgIpc) is 2.81. The molecule has 6 heteroatoms. The van der Waals surface area contributed by atoms with E-state index in [-0.39, 0.29) is 5.91 Å². The average molecular weight is 421 g/mol. The molecule has 2 aliphatic rings. The van der Waals surface area contributed by atoms with Crippen LogP contribution in [0, 0.1) is 0 Å². The largest absolute Gasteiger partial charge is 0.336 e. The fourth-order valence-corrected chi connectivity index (χ4v) is 4.69. The van der Waals surface area contributed by atoms with E-state index in [1.54, 1.807) is 6.20 Å². The number of aldehydes is 1. The Morgan fingerprint density at radius 1 is 1.23 bits per heavy atom. The van der Waals surface area contributed by atoms with E-state index in [0.29, 0.717) is 23.7 Å². The summed E-state index contributed by atoms with van der Waals surface area (Å²) in [5.74, 6) is 1.02. The first-order chi connectivity index (χ1) is 15.1. The highest BCUT2D eigenvalue weighted by molar-refractivity contribution is 5.95. The molecule has 2 aromatic rings. The summed E-state index contributed by atoms with van der Waals surface area (Å²) in [5.41, 5.74) is 4.56. The van der Waals surface area contributed by atoms with Gasteiger partial charge in [-0.15, -0.1) is 0 Å². The van der Waals surface area contributed by atoms with Gasteiger partial charge in [0.2, 0.25) is 0 Å². The van der Waals surface area contributed by atoms with E-state index in [1.807, 2.05) is 23.1 Å². The van der Waals surface area contributed by atoms with Crippen LogP contribution in [0.4, 0.5) is 11.5 Å². The van der Waals surface area contributed by atoms with Gasteiger partial charge in [-0.1, -0.05) is 6.92 Å². The van der Waals surface area contributed by atoms with Crippen LogP contribution in [0.5, 0.6) is 0 Å². The smallest absolute Gasteiger partial charge is 0.255 e. The molecule has 0 spiro atoms. The maximum Gasteiger partial charge on any atom is 0.255 e. The first-order valence-electron chi connectivity index (χ1n) is 11.5. The van der Waals surface area contributed by atoms with Crippen molar-refractivity contribution in [1.82, 2.24) is 15.2 Å². The quantitative estimate of drug-likeness (QED) is 0.713. The number of carbonyl (C=O) groups excluding carboxylic acids is 2. The van der Waals surface area contributed by atoms with Crippen molar-refractivity contribution in [2.24, 2.45) is 0 Å². The second-order valence-corrected chi connectivity index (χ2v) is 8.59. The number of aromatic nitrogens is 1. The Labute approximate surface area is 184 Å². The first-order valence-corrected chi connectivity index (χ1v) is 11.5. The van der Waals surface area contributed by atoms with Gasteiger partial charge in [-0.25, -0.2) is 4.98 Å². The van der Waals surface area contributed by atoms with Crippen molar-refractivity contribution in [3.63, 3.8) is 0 Å². The molecule has 31 heavy (non-hydrogen) atoms. The van der Waals surface area contributed by atoms with Crippen molar-refractivity contribution in [2.75, 3.05) is 24.5 Å². The SMILES string of the molecule is CCNCc1cc(N2CCCc3cc(C(=O)N4CCCC[C@@H]4C)cnc32)ccc1C=O. The predicted octanol–water partition coefficient (Wildman–Crippen LogP) is 4.10. The van der Waals surface area contributed by atoms with E-state index in [4.69, 9.17) is 4.98 Å². The summed E-state index contributed by atoms with van der Waals surface area (Å²) in [6, 6.07) is 8.29. The summed E-state index contributed by atoms with van der Waals surface area (Å²) < 4.78 is 0. The monoisotopic (exact) mass is 420 g/mol. The lowest BCUT2D eigenvalue weighted by Crippen LogP contribution is -2.42. The van der Waals surface area contributed by atoms with Crippen LogP contribution in [0.15, 0.2) is 30.5 Å². The second-order valence-electron chi connectivity index (χ2n) is 8.59. The zero-order valence-electron chi connectivity index (χ0n) is 18.6. The van der Waals surface area contributed by atoms with E-state index in [0.717, 1.165) is 74.2 Å². The molecule has 1 N–H and O–H groups in total. The summed E-state index contributed by atoms with van der Waals surface area (Å²) in [7, 11) is 0. The number of fused-ring (bicyclic) bond motifs is 1. The normalized spacial score (nSPS) is 18.6. The fraction of sp³-hybridized carbons (Fsp3) is 0.480. The van der Waals surface area contributed by atoms with E-state index in [2.05, 4.69) is 30.1 Å². The molecule has 1 aromatic carbocycles. The molecule has 0 saturated carbocycles. The van der Waals surface area contributed by atoms with Crippen molar-refractivity contribution < 1.29 is 9.59 Å². The molecule has 6 nitrogen and oxygen atoms in total. The molecule has 1 fully saturated rings. The standard InChI is InChI=1S/C25H32N4O2/c1-3-26-15-21-14-23(10-9-20(21)17-30)29-12-6-8-19-13-22(16-27-24(19)29)25(31)28-11-5-4-7-18(28)2/h9-10,13-14,16-18,26H,3-8,11-12,15H2,1-2H3/t18-/m0/s1. The predicted molar refractivity (Wildman–Crippen MR) is 123 cm³/mol. The number of rotatable bonds is 6. The molecule has 0 bridgehead atoms. The summed E-state index contributed by atoms with van der Waals surface area (Å²) in [6.07, 6.45) is 7.92.